The Balaban J connectivity index is 2.04. The van der Waals surface area contributed by atoms with Crippen LogP contribution in [-0.4, -0.2) is 46.7 Å². The molecule has 8 heteroatoms. The average Bonchev–Trinajstić information content (AvgIpc) is 3.10. The Hall–Kier alpha value is -2.22. The molecule has 1 fully saturated rings. The van der Waals surface area contributed by atoms with E-state index in [0.29, 0.717) is 41.6 Å². The number of ether oxygens (including phenoxy) is 1. The van der Waals surface area contributed by atoms with Crippen molar-refractivity contribution in [3.8, 4) is 0 Å². The molecule has 3 rings (SSSR count). The number of aliphatic carboxylic acids is 1. The van der Waals surface area contributed by atoms with Gasteiger partial charge >= 0.3 is 11.9 Å². The van der Waals surface area contributed by atoms with Crippen LogP contribution >= 0.6 is 11.3 Å². The van der Waals surface area contributed by atoms with Gasteiger partial charge in [-0.25, -0.2) is 14.8 Å². The normalized spacial score (nSPS) is 20.5. The first-order chi connectivity index (χ1) is 11.4. The minimum atomic E-state index is -0.801. The summed E-state index contributed by atoms with van der Waals surface area (Å²) < 4.78 is 5.10. The van der Waals surface area contributed by atoms with E-state index in [4.69, 9.17) is 4.74 Å². The van der Waals surface area contributed by atoms with Crippen LogP contribution in [0, 0.1) is 12.3 Å². The molecule has 2 aromatic rings. The Labute approximate surface area is 143 Å². The van der Waals surface area contributed by atoms with Crippen molar-refractivity contribution in [2.75, 3.05) is 24.6 Å². The molecule has 2 aromatic heterocycles. The third-order valence-corrected chi connectivity index (χ3v) is 5.64. The third kappa shape index (κ3) is 2.60. The maximum Gasteiger partial charge on any atom is 0.348 e. The minimum Gasteiger partial charge on any atom is -0.481 e. The summed E-state index contributed by atoms with van der Waals surface area (Å²) in [5.41, 5.74) is -0.00137. The van der Waals surface area contributed by atoms with Crippen LogP contribution < -0.4 is 4.90 Å². The molecule has 0 aromatic carbocycles. The van der Waals surface area contributed by atoms with E-state index in [1.54, 1.807) is 13.8 Å². The highest BCUT2D eigenvalue weighted by Crippen LogP contribution is 2.39. The highest BCUT2D eigenvalue weighted by Gasteiger charge is 2.41. The molecule has 0 radical (unpaired) electrons. The van der Waals surface area contributed by atoms with Crippen molar-refractivity contribution in [1.29, 1.82) is 0 Å². The minimum absolute atomic E-state index is 0.314. The van der Waals surface area contributed by atoms with Crippen molar-refractivity contribution < 1.29 is 19.4 Å². The van der Waals surface area contributed by atoms with E-state index in [1.165, 1.54) is 17.7 Å². The lowest BCUT2D eigenvalue weighted by Gasteiger charge is -2.21. The summed E-state index contributed by atoms with van der Waals surface area (Å²) in [5.74, 6) is -0.473. The fourth-order valence-electron chi connectivity index (χ4n) is 3.00. The van der Waals surface area contributed by atoms with E-state index >= 15 is 0 Å². The zero-order chi connectivity index (χ0) is 17.5. The number of thiophene rings is 1. The van der Waals surface area contributed by atoms with Gasteiger partial charge < -0.3 is 14.7 Å². The van der Waals surface area contributed by atoms with Gasteiger partial charge in [0.2, 0.25) is 0 Å². The molecule has 1 saturated heterocycles. The molecule has 1 unspecified atom stereocenters. The molecular weight excluding hydrogens is 330 g/mol. The molecule has 0 spiro atoms. The van der Waals surface area contributed by atoms with E-state index in [9.17, 15) is 14.7 Å². The fourth-order valence-corrected chi connectivity index (χ4v) is 4.04. The van der Waals surface area contributed by atoms with Gasteiger partial charge in [0.15, 0.2) is 0 Å². The average molecular weight is 349 g/mol. The smallest absolute Gasteiger partial charge is 0.348 e. The number of carboxylic acids is 1. The molecule has 0 amide bonds. The maximum absolute atomic E-state index is 12.1. The van der Waals surface area contributed by atoms with E-state index in [-0.39, 0.29) is 5.97 Å². The summed E-state index contributed by atoms with van der Waals surface area (Å²) in [6.07, 6.45) is 2.01. The number of aromatic nitrogens is 2. The van der Waals surface area contributed by atoms with Gasteiger partial charge in [-0.3, -0.25) is 4.79 Å². The Morgan fingerprint density at radius 2 is 2.21 bits per heavy atom. The zero-order valence-corrected chi connectivity index (χ0v) is 14.6. The second kappa shape index (κ2) is 6.01. The molecule has 3 heterocycles. The number of hydrogen-bond donors (Lipinski definition) is 1. The molecule has 1 aliphatic rings. The molecular formula is C16H19N3O4S. The van der Waals surface area contributed by atoms with Crippen LogP contribution in [0.5, 0.6) is 0 Å². The number of esters is 1. The summed E-state index contributed by atoms with van der Waals surface area (Å²) in [4.78, 5) is 35.4. The Morgan fingerprint density at radius 3 is 2.83 bits per heavy atom. The second-order valence-electron chi connectivity index (χ2n) is 6.19. The first-order valence-corrected chi connectivity index (χ1v) is 8.58. The van der Waals surface area contributed by atoms with Crippen molar-refractivity contribution in [3.63, 3.8) is 0 Å². The van der Waals surface area contributed by atoms with Crippen molar-refractivity contribution in [1.82, 2.24) is 9.97 Å². The molecule has 1 N–H and O–H groups in total. The first kappa shape index (κ1) is 16.6. The van der Waals surface area contributed by atoms with E-state index in [0.717, 1.165) is 10.9 Å². The van der Waals surface area contributed by atoms with Gasteiger partial charge in [0, 0.05) is 13.1 Å². The van der Waals surface area contributed by atoms with Crippen LogP contribution in [0.2, 0.25) is 0 Å². The number of fused-ring (bicyclic) bond motifs is 1. The summed E-state index contributed by atoms with van der Waals surface area (Å²) >= 11 is 1.28. The Kier molecular flexibility index (Phi) is 4.16. The lowest BCUT2D eigenvalue weighted by molar-refractivity contribution is -0.146. The second-order valence-corrected chi connectivity index (χ2v) is 7.19. The van der Waals surface area contributed by atoms with Crippen molar-refractivity contribution in [2.24, 2.45) is 5.41 Å². The summed E-state index contributed by atoms with van der Waals surface area (Å²) in [6, 6.07) is 0. The number of aryl methyl sites for hydroxylation is 1. The fraction of sp³-hybridized carbons (Fsp3) is 0.500. The van der Waals surface area contributed by atoms with Crippen molar-refractivity contribution in [3.05, 3.63) is 16.8 Å². The predicted octanol–water partition coefficient (Wildman–Crippen LogP) is 2.48. The molecule has 0 aliphatic carbocycles. The monoisotopic (exact) mass is 349 g/mol. The lowest BCUT2D eigenvalue weighted by atomic mass is 9.90. The van der Waals surface area contributed by atoms with Gasteiger partial charge in [-0.2, -0.15) is 0 Å². The Bertz CT molecular complexity index is 819. The van der Waals surface area contributed by atoms with Gasteiger partial charge in [-0.15, -0.1) is 11.3 Å². The van der Waals surface area contributed by atoms with Gasteiger partial charge in [0.25, 0.3) is 0 Å². The number of carbonyl (C=O) groups excluding carboxylic acids is 1. The number of carboxylic acid groups (broad SMARTS) is 1. The van der Waals surface area contributed by atoms with Crippen molar-refractivity contribution >= 4 is 39.3 Å². The summed E-state index contributed by atoms with van der Waals surface area (Å²) in [7, 11) is 0. The van der Waals surface area contributed by atoms with Gasteiger partial charge in [-0.05, 0) is 32.8 Å². The maximum atomic E-state index is 12.1. The quantitative estimate of drug-likeness (QED) is 0.848. The number of carbonyl (C=O) groups is 2. The van der Waals surface area contributed by atoms with Crippen LogP contribution in [0.15, 0.2) is 6.33 Å². The van der Waals surface area contributed by atoms with Crippen LogP contribution in [0.4, 0.5) is 5.82 Å². The van der Waals surface area contributed by atoms with Crippen molar-refractivity contribution in [2.45, 2.75) is 27.2 Å². The van der Waals surface area contributed by atoms with Gasteiger partial charge in [0.1, 0.15) is 21.9 Å². The van der Waals surface area contributed by atoms with E-state index < -0.39 is 11.4 Å². The SMILES string of the molecule is CCOC(=O)c1sc2ncnc(N3CCC(C)(C(=O)O)C3)c2c1C. The largest absolute Gasteiger partial charge is 0.481 e. The number of anilines is 1. The molecule has 0 bridgehead atoms. The lowest BCUT2D eigenvalue weighted by Crippen LogP contribution is -2.32. The molecule has 24 heavy (non-hydrogen) atoms. The Morgan fingerprint density at radius 1 is 1.46 bits per heavy atom. The van der Waals surface area contributed by atoms with Crippen LogP contribution in [0.25, 0.3) is 10.2 Å². The zero-order valence-electron chi connectivity index (χ0n) is 13.8. The van der Waals surface area contributed by atoms with Gasteiger partial charge in [-0.1, -0.05) is 0 Å². The van der Waals surface area contributed by atoms with Gasteiger partial charge in [0.05, 0.1) is 17.4 Å². The highest BCUT2D eigenvalue weighted by atomic mass is 32.1. The van der Waals surface area contributed by atoms with Crippen LogP contribution in [0.3, 0.4) is 0 Å². The first-order valence-electron chi connectivity index (χ1n) is 7.77. The topological polar surface area (TPSA) is 92.6 Å². The molecule has 0 saturated carbocycles. The van der Waals surface area contributed by atoms with Crippen LogP contribution in [0.1, 0.15) is 35.5 Å². The highest BCUT2D eigenvalue weighted by molar-refractivity contribution is 7.20. The third-order valence-electron chi connectivity index (χ3n) is 4.46. The number of rotatable bonds is 4. The standard InChI is InChI=1S/C16H19N3O4S/c1-4-23-14(20)11-9(2)10-12(17-8-18-13(10)24-11)19-6-5-16(3,7-19)15(21)22/h8H,4-7H2,1-3H3,(H,21,22). The summed E-state index contributed by atoms with van der Waals surface area (Å²) in [6.45, 7) is 6.68. The number of nitrogens with zero attached hydrogens (tertiary/aromatic N) is 3. The molecule has 1 atom stereocenters. The number of hydrogen-bond acceptors (Lipinski definition) is 7. The molecule has 128 valence electrons. The van der Waals surface area contributed by atoms with E-state index in [2.05, 4.69) is 9.97 Å². The van der Waals surface area contributed by atoms with Crippen LogP contribution in [-0.2, 0) is 9.53 Å². The predicted molar refractivity (Wildman–Crippen MR) is 90.7 cm³/mol. The van der Waals surface area contributed by atoms with E-state index in [1.807, 2.05) is 11.8 Å². The molecule has 7 nitrogen and oxygen atoms in total. The summed E-state index contributed by atoms with van der Waals surface area (Å²) in [5, 5.41) is 10.2. The molecule has 1 aliphatic heterocycles.